The van der Waals surface area contributed by atoms with Crippen LogP contribution in [0.15, 0.2) is 83.5 Å². The lowest BCUT2D eigenvalue weighted by molar-refractivity contribution is -0.115. The van der Waals surface area contributed by atoms with Crippen molar-refractivity contribution in [3.63, 3.8) is 0 Å². The van der Waals surface area contributed by atoms with Crippen LogP contribution in [0, 0.1) is 0 Å². The normalized spacial score (nSPS) is 13.8. The van der Waals surface area contributed by atoms with Crippen molar-refractivity contribution in [2.45, 2.75) is 32.6 Å². The molecule has 12 nitrogen and oxygen atoms in total. The minimum atomic E-state index is -0.439. The number of rotatable bonds is 10. The van der Waals surface area contributed by atoms with Crippen molar-refractivity contribution in [3.05, 3.63) is 90.3 Å². The molecule has 50 heavy (non-hydrogen) atoms. The smallest absolute Gasteiger partial charge is 0.324 e. The number of fused-ring (bicyclic) bond motifs is 3. The predicted molar refractivity (Wildman–Crippen MR) is 195 cm³/mol. The Bertz CT molecular complexity index is 2110. The first-order valence-corrected chi connectivity index (χ1v) is 17.4. The number of carbonyl (C=O) groups excluding carboxylic acids is 2. The third-order valence-corrected chi connectivity index (χ3v) is 9.39. The number of anilines is 3. The van der Waals surface area contributed by atoms with E-state index in [9.17, 15) is 9.59 Å². The molecule has 0 bridgehead atoms. The lowest BCUT2D eigenvalue weighted by atomic mass is 9.93. The van der Waals surface area contributed by atoms with Crippen LogP contribution in [0.3, 0.4) is 0 Å². The number of aromatic nitrogens is 3. The summed E-state index contributed by atoms with van der Waals surface area (Å²) < 4.78 is 20.0. The lowest BCUT2D eigenvalue weighted by Gasteiger charge is -2.26. The molecule has 3 aromatic heterocycles. The SMILES string of the molecule is CC(C)(C)c1cc(NC(=O)Nc2ccc(CC(=O)Nc3ccc(-c4cn5c(n4)sc4cc(OCCN6CCOCC6)ccc45)cc3)cc2)no1. The van der Waals surface area contributed by atoms with Gasteiger partial charge in [-0.2, -0.15) is 0 Å². The van der Waals surface area contributed by atoms with Crippen molar-refractivity contribution in [3.8, 4) is 17.0 Å². The van der Waals surface area contributed by atoms with Gasteiger partial charge in [0, 0.05) is 54.3 Å². The average Bonchev–Trinajstić information content (AvgIpc) is 3.82. The molecule has 0 atom stereocenters. The molecule has 7 rings (SSSR count). The van der Waals surface area contributed by atoms with E-state index in [0.29, 0.717) is 29.6 Å². The number of nitrogens with one attached hydrogen (secondary N) is 3. The zero-order chi connectivity index (χ0) is 34.7. The van der Waals surface area contributed by atoms with Gasteiger partial charge in [0.1, 0.15) is 18.1 Å². The highest BCUT2D eigenvalue weighted by Gasteiger charge is 2.20. The van der Waals surface area contributed by atoms with Crippen molar-refractivity contribution >= 4 is 55.6 Å². The van der Waals surface area contributed by atoms with Crippen molar-refractivity contribution in [2.24, 2.45) is 0 Å². The number of imidazole rings is 1. The molecule has 0 aliphatic carbocycles. The highest BCUT2D eigenvalue weighted by Crippen LogP contribution is 2.32. The van der Waals surface area contributed by atoms with Crippen LogP contribution in [0.2, 0.25) is 0 Å². The number of hydrogen-bond acceptors (Lipinski definition) is 9. The Morgan fingerprint density at radius 1 is 0.920 bits per heavy atom. The van der Waals surface area contributed by atoms with Gasteiger partial charge in [0.05, 0.1) is 35.5 Å². The van der Waals surface area contributed by atoms with Crippen LogP contribution in [0.5, 0.6) is 5.75 Å². The molecule has 4 heterocycles. The molecule has 13 heteroatoms. The topological polar surface area (TPSA) is 135 Å². The second-order valence-corrected chi connectivity index (χ2v) is 14.2. The molecule has 0 radical (unpaired) electrons. The number of hydrogen-bond donors (Lipinski definition) is 3. The Kier molecular flexibility index (Phi) is 9.52. The summed E-state index contributed by atoms with van der Waals surface area (Å²) in [6, 6.07) is 22.2. The summed E-state index contributed by atoms with van der Waals surface area (Å²) in [4.78, 5) is 33.3. The second kappa shape index (κ2) is 14.3. The molecule has 1 aliphatic heterocycles. The highest BCUT2D eigenvalue weighted by atomic mass is 32.1. The quantitative estimate of drug-likeness (QED) is 0.139. The number of amides is 3. The maximum absolute atomic E-state index is 12.8. The van der Waals surface area contributed by atoms with Gasteiger partial charge in [-0.25, -0.2) is 9.78 Å². The van der Waals surface area contributed by atoms with E-state index in [2.05, 4.69) is 42.5 Å². The van der Waals surface area contributed by atoms with E-state index in [1.807, 2.05) is 57.3 Å². The number of nitrogens with zero attached hydrogens (tertiary/aromatic N) is 4. The zero-order valence-electron chi connectivity index (χ0n) is 28.2. The van der Waals surface area contributed by atoms with Gasteiger partial charge in [-0.15, -0.1) is 0 Å². The maximum Gasteiger partial charge on any atom is 0.324 e. The highest BCUT2D eigenvalue weighted by molar-refractivity contribution is 7.23. The van der Waals surface area contributed by atoms with Crippen LogP contribution >= 0.6 is 11.3 Å². The molecule has 258 valence electrons. The number of benzene rings is 3. The second-order valence-electron chi connectivity index (χ2n) is 13.2. The van der Waals surface area contributed by atoms with Crippen LogP contribution in [-0.2, 0) is 21.4 Å². The van der Waals surface area contributed by atoms with E-state index in [4.69, 9.17) is 19.0 Å². The van der Waals surface area contributed by atoms with Crippen LogP contribution in [0.1, 0.15) is 32.1 Å². The number of morpholine rings is 1. The van der Waals surface area contributed by atoms with E-state index >= 15 is 0 Å². The Morgan fingerprint density at radius 2 is 1.66 bits per heavy atom. The summed E-state index contributed by atoms with van der Waals surface area (Å²) in [6.07, 6.45) is 2.23. The third kappa shape index (κ3) is 7.96. The van der Waals surface area contributed by atoms with Crippen LogP contribution < -0.4 is 20.7 Å². The molecular weight excluding hydrogens is 655 g/mol. The minimum Gasteiger partial charge on any atom is -0.492 e. The van der Waals surface area contributed by atoms with Gasteiger partial charge in [-0.3, -0.25) is 19.4 Å². The molecule has 1 fully saturated rings. The summed E-state index contributed by atoms with van der Waals surface area (Å²) in [5.74, 6) is 1.73. The number of urea groups is 1. The zero-order valence-corrected chi connectivity index (χ0v) is 29.0. The molecule has 1 aliphatic rings. The van der Waals surface area contributed by atoms with Crippen molar-refractivity contribution in [1.29, 1.82) is 0 Å². The lowest BCUT2D eigenvalue weighted by Crippen LogP contribution is -2.38. The van der Waals surface area contributed by atoms with E-state index in [1.54, 1.807) is 41.7 Å². The molecular formula is C37H39N7O5S. The molecule has 3 amide bonds. The molecule has 0 unspecified atom stereocenters. The summed E-state index contributed by atoms with van der Waals surface area (Å²) in [6.45, 7) is 11.0. The number of carbonyl (C=O) groups is 2. The Hall–Kier alpha value is -5.24. The minimum absolute atomic E-state index is 0.143. The number of ether oxygens (including phenoxy) is 2. The molecule has 3 N–H and O–H groups in total. The van der Waals surface area contributed by atoms with Gasteiger partial charge in [0.25, 0.3) is 0 Å². The molecule has 0 saturated carbocycles. The fourth-order valence-corrected chi connectivity index (χ4v) is 6.65. The summed E-state index contributed by atoms with van der Waals surface area (Å²) in [5, 5.41) is 12.3. The maximum atomic E-state index is 12.8. The standard InChI is InChI=1S/C37H39N7O5S/c1-37(2,3)32-22-33(42-49-32)41-35(46)39-27-8-4-24(5-9-27)20-34(45)38-26-10-6-25(7-11-26)29-23-44-30-13-12-28(21-31(30)50-36(44)40-29)48-19-16-43-14-17-47-18-15-43/h4-13,21-23H,14-20H2,1-3H3,(H,38,45)(H2,39,41,42,46). The molecule has 6 aromatic rings. The summed E-state index contributed by atoms with van der Waals surface area (Å²) in [7, 11) is 0. The Morgan fingerprint density at radius 3 is 2.40 bits per heavy atom. The fraction of sp³-hybridized carbons (Fsp3) is 0.297. The molecule has 1 saturated heterocycles. The van der Waals surface area contributed by atoms with Crippen LogP contribution in [0.4, 0.5) is 22.0 Å². The van der Waals surface area contributed by atoms with Gasteiger partial charge in [-0.05, 0) is 48.0 Å². The predicted octanol–water partition coefficient (Wildman–Crippen LogP) is 7.04. The van der Waals surface area contributed by atoms with Gasteiger partial charge in [0.2, 0.25) is 5.91 Å². The van der Waals surface area contributed by atoms with Crippen molar-refractivity contribution < 1.29 is 23.6 Å². The van der Waals surface area contributed by atoms with E-state index in [0.717, 1.165) is 70.6 Å². The van der Waals surface area contributed by atoms with Crippen LogP contribution in [0.25, 0.3) is 26.4 Å². The summed E-state index contributed by atoms with van der Waals surface area (Å²) in [5.41, 5.74) is 4.79. The largest absolute Gasteiger partial charge is 0.492 e. The van der Waals surface area contributed by atoms with E-state index < -0.39 is 6.03 Å². The first-order chi connectivity index (χ1) is 24.2. The summed E-state index contributed by atoms with van der Waals surface area (Å²) >= 11 is 1.63. The Balaban J connectivity index is 0.900. The van der Waals surface area contributed by atoms with Crippen LogP contribution in [-0.4, -0.2) is 70.8 Å². The average molecular weight is 694 g/mol. The van der Waals surface area contributed by atoms with E-state index in [1.165, 1.54) is 0 Å². The first-order valence-electron chi connectivity index (χ1n) is 16.6. The van der Waals surface area contributed by atoms with Gasteiger partial charge < -0.3 is 24.6 Å². The monoisotopic (exact) mass is 693 g/mol. The fourth-order valence-electron chi connectivity index (χ4n) is 5.61. The van der Waals surface area contributed by atoms with Gasteiger partial charge in [0.15, 0.2) is 10.8 Å². The van der Waals surface area contributed by atoms with Crippen molar-refractivity contribution in [1.82, 2.24) is 19.4 Å². The van der Waals surface area contributed by atoms with Crippen molar-refractivity contribution in [2.75, 3.05) is 55.4 Å². The Labute approximate surface area is 293 Å². The van der Waals surface area contributed by atoms with Gasteiger partial charge in [-0.1, -0.05) is 61.5 Å². The first kappa shape index (κ1) is 33.3. The molecule has 3 aromatic carbocycles. The van der Waals surface area contributed by atoms with E-state index in [-0.39, 0.29) is 17.7 Å². The number of thiazole rings is 1. The molecule has 0 spiro atoms. The third-order valence-electron chi connectivity index (χ3n) is 8.38. The van der Waals surface area contributed by atoms with Gasteiger partial charge >= 0.3 is 6.03 Å².